The Balaban J connectivity index is 1.47. The molecule has 3 aromatic rings. The number of carbonyl (C=O) groups is 1. The fraction of sp³-hybridized carbons (Fsp3) is 0.375. The molecule has 1 amide bonds. The first-order valence-corrected chi connectivity index (χ1v) is 11.2. The zero-order valence-corrected chi connectivity index (χ0v) is 19.8. The van der Waals surface area contributed by atoms with Crippen molar-refractivity contribution in [2.45, 2.75) is 12.5 Å². The Kier molecular flexibility index (Phi) is 7.15. The summed E-state index contributed by atoms with van der Waals surface area (Å²) in [5.41, 5.74) is 7.01. The van der Waals surface area contributed by atoms with E-state index in [1.807, 2.05) is 4.90 Å². The van der Waals surface area contributed by atoms with Crippen LogP contribution in [0.15, 0.2) is 30.3 Å². The zero-order chi connectivity index (χ0) is 25.1. The van der Waals surface area contributed by atoms with Crippen LogP contribution in [0.3, 0.4) is 0 Å². The number of amides is 1. The molecule has 3 N–H and O–H groups in total. The molecule has 1 atom stereocenters. The number of nitrogens with zero attached hydrogens (tertiary/aromatic N) is 4. The van der Waals surface area contributed by atoms with Crippen LogP contribution in [0.1, 0.15) is 18.0 Å². The van der Waals surface area contributed by atoms with Gasteiger partial charge in [0.1, 0.15) is 17.2 Å². The molecule has 1 saturated heterocycles. The fourth-order valence-electron chi connectivity index (χ4n) is 4.22. The Morgan fingerprint density at radius 3 is 2.40 bits per heavy atom. The highest BCUT2D eigenvalue weighted by Crippen LogP contribution is 2.37. The van der Waals surface area contributed by atoms with E-state index < -0.39 is 5.82 Å². The number of nitrogen functional groups attached to an aromatic ring is 1. The largest absolute Gasteiger partial charge is 0.493 e. The summed E-state index contributed by atoms with van der Waals surface area (Å²) in [7, 11) is 4.53. The van der Waals surface area contributed by atoms with Crippen LogP contribution in [0.5, 0.6) is 11.5 Å². The molecule has 0 saturated carbocycles. The molecule has 0 bridgehead atoms. The van der Waals surface area contributed by atoms with Gasteiger partial charge in [0.05, 0.1) is 14.2 Å². The number of halogens is 2. The number of piperazine rings is 1. The Labute approximate surface area is 201 Å². The smallest absolute Gasteiger partial charge is 0.228 e. The minimum absolute atomic E-state index is 0.0184. The number of carbonyl (C=O) groups excluding carboxylic acids is 1. The lowest BCUT2D eigenvalue weighted by molar-refractivity contribution is -0.132. The van der Waals surface area contributed by atoms with Crippen molar-refractivity contribution in [3.63, 3.8) is 0 Å². The van der Waals surface area contributed by atoms with Crippen molar-refractivity contribution in [2.75, 3.05) is 58.1 Å². The molecule has 1 aliphatic heterocycles. The van der Waals surface area contributed by atoms with Gasteiger partial charge in [-0.2, -0.15) is 4.98 Å². The van der Waals surface area contributed by atoms with E-state index >= 15 is 4.39 Å². The lowest BCUT2D eigenvalue weighted by atomic mass is 10.0. The summed E-state index contributed by atoms with van der Waals surface area (Å²) >= 11 is 0. The number of nitrogens with two attached hydrogens (primary N) is 1. The summed E-state index contributed by atoms with van der Waals surface area (Å²) in [6.45, 7) is 1.83. The average Bonchev–Trinajstić information content (AvgIpc) is 2.88. The van der Waals surface area contributed by atoms with E-state index in [2.05, 4.69) is 15.3 Å². The quantitative estimate of drug-likeness (QED) is 0.525. The molecule has 1 aromatic heterocycles. The minimum atomic E-state index is -0.676. The van der Waals surface area contributed by atoms with Crippen LogP contribution in [0.25, 0.3) is 10.9 Å². The second-order valence-electron chi connectivity index (χ2n) is 8.20. The standard InChI is InChI=1S/C24H28F2N6O3/c1-28-17(14-4-6-15(25)7-5-14)13-19(33)31-8-10-32(11-9-31)24-29-21-16(23(27)30-24)12-18(34-2)22(35-3)20(21)26/h4-7,12,17,28H,8-11,13H2,1-3H3,(H2,27,29,30)/t17-/m1/s1. The van der Waals surface area contributed by atoms with E-state index in [9.17, 15) is 9.18 Å². The molecule has 11 heteroatoms. The highest BCUT2D eigenvalue weighted by Gasteiger charge is 2.26. The number of ether oxygens (including phenoxy) is 2. The van der Waals surface area contributed by atoms with Crippen molar-refractivity contribution in [3.8, 4) is 11.5 Å². The van der Waals surface area contributed by atoms with Crippen molar-refractivity contribution in [2.24, 2.45) is 0 Å². The summed E-state index contributed by atoms with van der Waals surface area (Å²) in [5.74, 6) is -0.458. The van der Waals surface area contributed by atoms with Gasteiger partial charge in [0.25, 0.3) is 0 Å². The van der Waals surface area contributed by atoms with E-state index in [0.717, 1.165) is 5.56 Å². The first-order chi connectivity index (χ1) is 16.9. The minimum Gasteiger partial charge on any atom is -0.493 e. The predicted octanol–water partition coefficient (Wildman–Crippen LogP) is 2.51. The van der Waals surface area contributed by atoms with Crippen molar-refractivity contribution in [3.05, 3.63) is 47.5 Å². The van der Waals surface area contributed by atoms with Crippen molar-refractivity contribution in [1.82, 2.24) is 20.2 Å². The Morgan fingerprint density at radius 1 is 1.11 bits per heavy atom. The molecule has 35 heavy (non-hydrogen) atoms. The van der Waals surface area contributed by atoms with Gasteiger partial charge < -0.3 is 30.3 Å². The lowest BCUT2D eigenvalue weighted by Crippen LogP contribution is -2.49. The Hall–Kier alpha value is -3.73. The normalized spacial score (nSPS) is 14.8. The highest BCUT2D eigenvalue weighted by molar-refractivity contribution is 5.92. The van der Waals surface area contributed by atoms with Gasteiger partial charge in [-0.1, -0.05) is 12.1 Å². The number of anilines is 2. The van der Waals surface area contributed by atoms with Gasteiger partial charge in [-0.05, 0) is 30.8 Å². The molecule has 0 unspecified atom stereocenters. The summed E-state index contributed by atoms with van der Waals surface area (Å²) in [4.78, 5) is 25.3. The first kappa shape index (κ1) is 24.4. The van der Waals surface area contributed by atoms with Crippen molar-refractivity contribution in [1.29, 1.82) is 0 Å². The Bertz CT molecular complexity index is 1220. The predicted molar refractivity (Wildman–Crippen MR) is 129 cm³/mol. The van der Waals surface area contributed by atoms with Gasteiger partial charge in [0, 0.05) is 44.0 Å². The topological polar surface area (TPSA) is 106 Å². The zero-order valence-electron chi connectivity index (χ0n) is 19.8. The van der Waals surface area contributed by atoms with Crippen LogP contribution in [-0.2, 0) is 4.79 Å². The molecular formula is C24H28F2N6O3. The van der Waals surface area contributed by atoms with Gasteiger partial charge in [-0.15, -0.1) is 0 Å². The average molecular weight is 487 g/mol. The van der Waals surface area contributed by atoms with E-state index in [1.165, 1.54) is 26.4 Å². The molecule has 0 aliphatic carbocycles. The van der Waals surface area contributed by atoms with Crippen LogP contribution in [0, 0.1) is 11.6 Å². The fourth-order valence-corrected chi connectivity index (χ4v) is 4.22. The van der Waals surface area contributed by atoms with E-state index in [1.54, 1.807) is 30.1 Å². The molecule has 1 fully saturated rings. The van der Waals surface area contributed by atoms with Gasteiger partial charge in [0.15, 0.2) is 17.3 Å². The molecule has 4 rings (SSSR count). The summed E-state index contributed by atoms with van der Waals surface area (Å²) in [5, 5.41) is 3.45. The SMILES string of the molecule is CN[C@H](CC(=O)N1CCN(c2nc(N)c3cc(OC)c(OC)c(F)c3n2)CC1)c1ccc(F)cc1. The van der Waals surface area contributed by atoms with E-state index in [4.69, 9.17) is 15.2 Å². The third-order valence-electron chi connectivity index (χ3n) is 6.21. The number of rotatable bonds is 7. The van der Waals surface area contributed by atoms with Gasteiger partial charge in [-0.25, -0.2) is 13.8 Å². The van der Waals surface area contributed by atoms with Crippen molar-refractivity contribution >= 4 is 28.6 Å². The van der Waals surface area contributed by atoms with Crippen molar-refractivity contribution < 1.29 is 23.0 Å². The number of hydrogen-bond acceptors (Lipinski definition) is 8. The number of nitrogens with one attached hydrogen (secondary N) is 1. The molecule has 2 aromatic carbocycles. The van der Waals surface area contributed by atoms with Crippen LogP contribution < -0.4 is 25.4 Å². The van der Waals surface area contributed by atoms with Crippen LogP contribution in [0.4, 0.5) is 20.5 Å². The maximum atomic E-state index is 15.1. The van der Waals surface area contributed by atoms with Crippen LogP contribution in [0.2, 0.25) is 0 Å². The van der Waals surface area contributed by atoms with Crippen LogP contribution >= 0.6 is 0 Å². The summed E-state index contributed by atoms with van der Waals surface area (Å²) < 4.78 is 38.6. The molecule has 2 heterocycles. The number of aromatic nitrogens is 2. The Morgan fingerprint density at radius 2 is 1.80 bits per heavy atom. The number of methoxy groups -OCH3 is 2. The molecule has 186 valence electrons. The third-order valence-corrected chi connectivity index (χ3v) is 6.21. The van der Waals surface area contributed by atoms with E-state index in [-0.39, 0.29) is 53.0 Å². The molecule has 9 nitrogen and oxygen atoms in total. The number of hydrogen-bond donors (Lipinski definition) is 2. The van der Waals surface area contributed by atoms with Gasteiger partial charge >= 0.3 is 0 Å². The lowest BCUT2D eigenvalue weighted by Gasteiger charge is -2.35. The summed E-state index contributed by atoms with van der Waals surface area (Å²) in [6, 6.07) is 7.44. The highest BCUT2D eigenvalue weighted by atomic mass is 19.1. The molecule has 0 spiro atoms. The third kappa shape index (κ3) is 4.90. The first-order valence-electron chi connectivity index (χ1n) is 11.2. The summed E-state index contributed by atoms with van der Waals surface area (Å²) in [6.07, 6.45) is 0.244. The molecule has 0 radical (unpaired) electrons. The van der Waals surface area contributed by atoms with E-state index in [0.29, 0.717) is 31.6 Å². The molecular weight excluding hydrogens is 458 g/mol. The second kappa shape index (κ2) is 10.3. The van der Waals surface area contributed by atoms with Gasteiger partial charge in [-0.3, -0.25) is 4.79 Å². The number of fused-ring (bicyclic) bond motifs is 1. The maximum Gasteiger partial charge on any atom is 0.228 e. The monoisotopic (exact) mass is 486 g/mol. The molecule has 1 aliphatic rings. The maximum absolute atomic E-state index is 15.1. The van der Waals surface area contributed by atoms with Crippen LogP contribution in [-0.4, -0.2) is 68.2 Å². The van der Waals surface area contributed by atoms with Gasteiger partial charge in [0.2, 0.25) is 11.9 Å². The second-order valence-corrected chi connectivity index (χ2v) is 8.20. The number of benzene rings is 2.